The van der Waals surface area contributed by atoms with Crippen molar-refractivity contribution in [1.82, 2.24) is 0 Å². The molecule has 4 nitrogen and oxygen atoms in total. The first-order chi connectivity index (χ1) is 9.08. The number of benzene rings is 1. The van der Waals surface area contributed by atoms with Crippen molar-refractivity contribution in [1.29, 1.82) is 0 Å². The average Bonchev–Trinajstić information content (AvgIpc) is 2.46. The number of hydrogen-bond donors (Lipinski definition) is 0. The molecule has 0 bridgehead atoms. The van der Waals surface area contributed by atoms with Crippen molar-refractivity contribution >= 4 is 18.0 Å². The molecule has 0 aromatic heterocycles. The number of ether oxygens (including phenoxy) is 2. The van der Waals surface area contributed by atoms with Crippen molar-refractivity contribution in [3.63, 3.8) is 0 Å². The fourth-order valence-corrected chi connectivity index (χ4v) is 2.64. The van der Waals surface area contributed by atoms with Gasteiger partial charge in [0.25, 0.3) is 0 Å². The molecule has 100 valence electrons. The van der Waals surface area contributed by atoms with Crippen LogP contribution in [0.15, 0.2) is 30.3 Å². The predicted molar refractivity (Wildman–Crippen MR) is 70.4 cm³/mol. The molecular formula is C15H16O4. The van der Waals surface area contributed by atoms with Crippen molar-refractivity contribution in [3.8, 4) is 0 Å². The molecule has 0 saturated heterocycles. The fourth-order valence-electron chi connectivity index (χ4n) is 2.64. The first-order valence-corrected chi connectivity index (χ1v) is 6.03. The SMILES string of the molecule is COC(=O)C1(C(=O)OC)c2ccccc2C=CC1C. The number of hydrogen-bond acceptors (Lipinski definition) is 4. The van der Waals surface area contributed by atoms with Gasteiger partial charge in [0.15, 0.2) is 5.41 Å². The highest BCUT2D eigenvalue weighted by Gasteiger charge is 2.55. The number of esters is 2. The monoisotopic (exact) mass is 260 g/mol. The first-order valence-electron chi connectivity index (χ1n) is 6.03. The molecule has 1 aromatic carbocycles. The molecule has 1 aromatic rings. The van der Waals surface area contributed by atoms with Gasteiger partial charge in [-0.2, -0.15) is 0 Å². The zero-order valence-electron chi connectivity index (χ0n) is 11.2. The van der Waals surface area contributed by atoms with E-state index >= 15 is 0 Å². The number of rotatable bonds is 2. The lowest BCUT2D eigenvalue weighted by Gasteiger charge is -2.36. The van der Waals surface area contributed by atoms with Crippen LogP contribution in [-0.2, 0) is 24.5 Å². The molecule has 1 aliphatic rings. The maximum Gasteiger partial charge on any atom is 0.328 e. The van der Waals surface area contributed by atoms with E-state index in [1.165, 1.54) is 14.2 Å². The number of carbonyl (C=O) groups excluding carboxylic acids is 2. The summed E-state index contributed by atoms with van der Waals surface area (Å²) in [7, 11) is 2.56. The van der Waals surface area contributed by atoms with Gasteiger partial charge in [-0.3, -0.25) is 9.59 Å². The van der Waals surface area contributed by atoms with E-state index in [9.17, 15) is 9.59 Å². The predicted octanol–water partition coefficient (Wildman–Crippen LogP) is 1.93. The maximum atomic E-state index is 12.3. The summed E-state index contributed by atoms with van der Waals surface area (Å²) < 4.78 is 9.74. The molecule has 2 rings (SSSR count). The number of allylic oxidation sites excluding steroid dienone is 1. The van der Waals surface area contributed by atoms with E-state index in [1.807, 2.05) is 24.3 Å². The van der Waals surface area contributed by atoms with Gasteiger partial charge >= 0.3 is 11.9 Å². The van der Waals surface area contributed by atoms with Crippen molar-refractivity contribution in [3.05, 3.63) is 41.5 Å². The summed E-state index contributed by atoms with van der Waals surface area (Å²) in [4.78, 5) is 24.6. The third-order valence-corrected chi connectivity index (χ3v) is 3.65. The average molecular weight is 260 g/mol. The van der Waals surface area contributed by atoms with E-state index < -0.39 is 17.4 Å². The lowest BCUT2D eigenvalue weighted by molar-refractivity contribution is -0.164. The molecule has 0 heterocycles. The van der Waals surface area contributed by atoms with Crippen LogP contribution in [0.5, 0.6) is 0 Å². The second kappa shape index (κ2) is 4.88. The van der Waals surface area contributed by atoms with Crippen LogP contribution < -0.4 is 0 Å². The van der Waals surface area contributed by atoms with Crippen molar-refractivity contribution in [2.75, 3.05) is 14.2 Å². The zero-order chi connectivity index (χ0) is 14.0. The van der Waals surface area contributed by atoms with Crippen LogP contribution in [0.4, 0.5) is 0 Å². The molecule has 0 fully saturated rings. The number of methoxy groups -OCH3 is 2. The highest BCUT2D eigenvalue weighted by Crippen LogP contribution is 2.41. The number of carbonyl (C=O) groups is 2. The Bertz CT molecular complexity index is 529. The Balaban J connectivity index is 2.74. The molecule has 1 unspecified atom stereocenters. The Kier molecular flexibility index (Phi) is 3.42. The highest BCUT2D eigenvalue weighted by atomic mass is 16.5. The summed E-state index contributed by atoms with van der Waals surface area (Å²) in [6.45, 7) is 1.81. The summed E-state index contributed by atoms with van der Waals surface area (Å²) in [5.41, 5.74) is 0.0366. The van der Waals surface area contributed by atoms with E-state index in [2.05, 4.69) is 0 Å². The van der Waals surface area contributed by atoms with E-state index in [0.29, 0.717) is 5.56 Å². The molecule has 0 aliphatic heterocycles. The summed E-state index contributed by atoms with van der Waals surface area (Å²) in [5, 5.41) is 0. The minimum absolute atomic E-state index is 0.331. The summed E-state index contributed by atoms with van der Waals surface area (Å²) in [6, 6.07) is 7.28. The maximum absolute atomic E-state index is 12.3. The van der Waals surface area contributed by atoms with E-state index in [0.717, 1.165) is 5.56 Å². The van der Waals surface area contributed by atoms with Crippen LogP contribution in [0.2, 0.25) is 0 Å². The second-order valence-electron chi connectivity index (χ2n) is 4.53. The van der Waals surface area contributed by atoms with Gasteiger partial charge in [-0.05, 0) is 11.1 Å². The van der Waals surface area contributed by atoms with Crippen LogP contribution in [0.1, 0.15) is 18.1 Å². The number of fused-ring (bicyclic) bond motifs is 1. The summed E-state index contributed by atoms with van der Waals surface area (Å²) >= 11 is 0. The van der Waals surface area contributed by atoms with Crippen LogP contribution in [0.25, 0.3) is 6.08 Å². The van der Waals surface area contributed by atoms with Crippen molar-refractivity contribution in [2.24, 2.45) is 5.92 Å². The minimum Gasteiger partial charge on any atom is -0.468 e. The zero-order valence-corrected chi connectivity index (χ0v) is 11.2. The molecule has 19 heavy (non-hydrogen) atoms. The Morgan fingerprint density at radius 2 is 1.68 bits per heavy atom. The standard InChI is InChI=1S/C15H16O4/c1-10-8-9-11-6-4-5-7-12(11)15(10,13(16)18-2)14(17)19-3/h4-10H,1-3H3. The molecule has 0 saturated carbocycles. The Morgan fingerprint density at radius 3 is 2.26 bits per heavy atom. The molecule has 1 aliphatic carbocycles. The van der Waals surface area contributed by atoms with Gasteiger partial charge in [-0.15, -0.1) is 0 Å². The lowest BCUT2D eigenvalue weighted by Crippen LogP contribution is -2.51. The highest BCUT2D eigenvalue weighted by molar-refractivity contribution is 6.08. The molecule has 0 radical (unpaired) electrons. The van der Waals surface area contributed by atoms with Gasteiger partial charge in [0.05, 0.1) is 14.2 Å². The van der Waals surface area contributed by atoms with Gasteiger partial charge in [0, 0.05) is 5.92 Å². The van der Waals surface area contributed by atoms with Gasteiger partial charge in [0.2, 0.25) is 0 Å². The summed E-state index contributed by atoms with van der Waals surface area (Å²) in [6.07, 6.45) is 3.74. The summed E-state index contributed by atoms with van der Waals surface area (Å²) in [5.74, 6) is -1.52. The van der Waals surface area contributed by atoms with Gasteiger partial charge in [-0.1, -0.05) is 43.3 Å². The van der Waals surface area contributed by atoms with Gasteiger partial charge in [-0.25, -0.2) is 0 Å². The normalized spacial score (nSPS) is 19.4. The lowest BCUT2D eigenvalue weighted by atomic mass is 9.66. The third-order valence-electron chi connectivity index (χ3n) is 3.65. The molecule has 0 N–H and O–H groups in total. The van der Waals surface area contributed by atoms with Gasteiger partial charge < -0.3 is 9.47 Å². The largest absolute Gasteiger partial charge is 0.468 e. The molecule has 0 spiro atoms. The smallest absolute Gasteiger partial charge is 0.328 e. The van der Waals surface area contributed by atoms with E-state index in [-0.39, 0.29) is 5.92 Å². The van der Waals surface area contributed by atoms with E-state index in [4.69, 9.17) is 9.47 Å². The van der Waals surface area contributed by atoms with Crippen LogP contribution in [0.3, 0.4) is 0 Å². The van der Waals surface area contributed by atoms with Crippen molar-refractivity contribution in [2.45, 2.75) is 12.3 Å². The third kappa shape index (κ3) is 1.75. The second-order valence-corrected chi connectivity index (χ2v) is 4.53. The molecule has 1 atom stereocenters. The topological polar surface area (TPSA) is 52.6 Å². The van der Waals surface area contributed by atoms with Crippen LogP contribution in [0, 0.1) is 5.92 Å². The van der Waals surface area contributed by atoms with Crippen molar-refractivity contribution < 1.29 is 19.1 Å². The molecular weight excluding hydrogens is 244 g/mol. The Hall–Kier alpha value is -2.10. The Morgan fingerprint density at radius 1 is 1.11 bits per heavy atom. The molecule has 4 heteroatoms. The van der Waals surface area contributed by atoms with Crippen LogP contribution in [-0.4, -0.2) is 26.2 Å². The molecule has 0 amide bonds. The first kappa shape index (κ1) is 13.3. The minimum atomic E-state index is -1.42. The quantitative estimate of drug-likeness (QED) is 0.602. The Labute approximate surface area is 112 Å². The van der Waals surface area contributed by atoms with Crippen LogP contribution >= 0.6 is 0 Å². The van der Waals surface area contributed by atoms with Gasteiger partial charge in [0.1, 0.15) is 0 Å². The van der Waals surface area contributed by atoms with E-state index in [1.54, 1.807) is 19.1 Å². The fraction of sp³-hybridized carbons (Fsp3) is 0.333.